The summed E-state index contributed by atoms with van der Waals surface area (Å²) in [5.74, 6) is -1.13. The average Bonchev–Trinajstić information content (AvgIpc) is 2.38. The zero-order valence-electron chi connectivity index (χ0n) is 11.5. The van der Waals surface area contributed by atoms with Crippen LogP contribution in [0.25, 0.3) is 0 Å². The number of carboxylic acid groups (broad SMARTS) is 1. The van der Waals surface area contributed by atoms with Gasteiger partial charge in [0.15, 0.2) is 5.78 Å². The molecule has 102 valence electrons. The summed E-state index contributed by atoms with van der Waals surface area (Å²) in [5.41, 5.74) is 2.88. The van der Waals surface area contributed by atoms with Gasteiger partial charge in [0.1, 0.15) is 0 Å². The molecule has 1 fully saturated rings. The van der Waals surface area contributed by atoms with Gasteiger partial charge in [0, 0.05) is 11.5 Å². The summed E-state index contributed by atoms with van der Waals surface area (Å²) < 4.78 is 0. The molecule has 3 heteroatoms. The maximum atomic E-state index is 12.5. The van der Waals surface area contributed by atoms with Crippen LogP contribution in [0.1, 0.15) is 47.2 Å². The number of Topliss-reactive ketones (excluding diaryl/α,β-unsaturated/α-hetero) is 1. The first-order valence-corrected chi connectivity index (χ1v) is 6.83. The van der Waals surface area contributed by atoms with E-state index in [1.165, 1.54) is 0 Å². The molecule has 0 unspecified atom stereocenters. The molecular formula is C16H20O3. The molecule has 0 bridgehead atoms. The monoisotopic (exact) mass is 260 g/mol. The molecule has 2 rings (SSSR count). The van der Waals surface area contributed by atoms with Crippen LogP contribution in [0.2, 0.25) is 0 Å². The Morgan fingerprint density at radius 3 is 2.47 bits per heavy atom. The molecular weight excluding hydrogens is 240 g/mol. The normalized spacial score (nSPS) is 23.1. The Morgan fingerprint density at radius 1 is 1.16 bits per heavy atom. The number of benzene rings is 1. The minimum Gasteiger partial charge on any atom is -0.481 e. The van der Waals surface area contributed by atoms with E-state index in [1.807, 2.05) is 32.0 Å². The number of hydrogen-bond acceptors (Lipinski definition) is 2. The second kappa shape index (κ2) is 5.55. The molecule has 0 saturated heterocycles. The van der Waals surface area contributed by atoms with Gasteiger partial charge >= 0.3 is 5.97 Å². The van der Waals surface area contributed by atoms with Crippen molar-refractivity contribution in [3.05, 3.63) is 34.9 Å². The van der Waals surface area contributed by atoms with Gasteiger partial charge < -0.3 is 5.11 Å². The molecule has 1 aliphatic rings. The van der Waals surface area contributed by atoms with Gasteiger partial charge in [0.2, 0.25) is 0 Å². The topological polar surface area (TPSA) is 54.4 Å². The Morgan fingerprint density at radius 2 is 1.84 bits per heavy atom. The lowest BCUT2D eigenvalue weighted by atomic mass is 9.77. The van der Waals surface area contributed by atoms with Gasteiger partial charge in [-0.2, -0.15) is 0 Å². The smallest absolute Gasteiger partial charge is 0.306 e. The van der Waals surface area contributed by atoms with E-state index < -0.39 is 5.97 Å². The van der Waals surface area contributed by atoms with Crippen LogP contribution in [-0.2, 0) is 4.79 Å². The van der Waals surface area contributed by atoms with E-state index in [4.69, 9.17) is 5.11 Å². The molecule has 0 heterocycles. The molecule has 1 aliphatic carbocycles. The van der Waals surface area contributed by atoms with Crippen LogP contribution in [0.5, 0.6) is 0 Å². The molecule has 1 N–H and O–H groups in total. The van der Waals surface area contributed by atoms with Crippen molar-refractivity contribution in [1.82, 2.24) is 0 Å². The number of hydrogen-bond donors (Lipinski definition) is 1. The van der Waals surface area contributed by atoms with Crippen LogP contribution >= 0.6 is 0 Å². The Hall–Kier alpha value is -1.64. The van der Waals surface area contributed by atoms with E-state index >= 15 is 0 Å². The third-order valence-corrected chi connectivity index (χ3v) is 4.04. The van der Waals surface area contributed by atoms with E-state index in [2.05, 4.69) is 0 Å². The SMILES string of the molecule is Cc1ccc(C(=O)[C@H]2CCC[C@@H](C(=O)O)C2)c(C)c1. The fraction of sp³-hybridized carbons (Fsp3) is 0.500. The largest absolute Gasteiger partial charge is 0.481 e. The molecule has 3 nitrogen and oxygen atoms in total. The Balaban J connectivity index is 2.17. The van der Waals surface area contributed by atoms with Crippen LogP contribution in [-0.4, -0.2) is 16.9 Å². The van der Waals surface area contributed by atoms with Crippen LogP contribution in [0.4, 0.5) is 0 Å². The third-order valence-electron chi connectivity index (χ3n) is 4.04. The number of aliphatic carboxylic acids is 1. The van der Waals surface area contributed by atoms with Crippen molar-refractivity contribution in [2.75, 3.05) is 0 Å². The van der Waals surface area contributed by atoms with Gasteiger partial charge in [-0.1, -0.05) is 30.2 Å². The first kappa shape index (κ1) is 13.8. The molecule has 1 aromatic rings. The van der Waals surface area contributed by atoms with Crippen LogP contribution < -0.4 is 0 Å². The lowest BCUT2D eigenvalue weighted by Gasteiger charge is -2.26. The predicted molar refractivity (Wildman–Crippen MR) is 73.3 cm³/mol. The molecule has 19 heavy (non-hydrogen) atoms. The highest BCUT2D eigenvalue weighted by Crippen LogP contribution is 2.32. The molecule has 0 aliphatic heterocycles. The molecule has 0 amide bonds. The molecule has 0 spiro atoms. The van der Waals surface area contributed by atoms with Gasteiger partial charge in [0.25, 0.3) is 0 Å². The average molecular weight is 260 g/mol. The number of aryl methyl sites for hydroxylation is 2. The first-order chi connectivity index (χ1) is 8.99. The van der Waals surface area contributed by atoms with Crippen molar-refractivity contribution in [1.29, 1.82) is 0 Å². The molecule has 2 atom stereocenters. The summed E-state index contributed by atoms with van der Waals surface area (Å²) in [6.45, 7) is 3.94. The zero-order valence-corrected chi connectivity index (χ0v) is 11.5. The number of ketones is 1. The fourth-order valence-corrected chi connectivity index (χ4v) is 2.96. The summed E-state index contributed by atoms with van der Waals surface area (Å²) in [5, 5.41) is 9.09. The molecule has 0 radical (unpaired) electrons. The first-order valence-electron chi connectivity index (χ1n) is 6.83. The minimum atomic E-state index is -0.766. The Labute approximate surface area is 113 Å². The number of carboxylic acids is 1. The quantitative estimate of drug-likeness (QED) is 0.848. The lowest BCUT2D eigenvalue weighted by molar-refractivity contribution is -0.143. The second-order valence-corrected chi connectivity index (χ2v) is 5.58. The van der Waals surface area contributed by atoms with E-state index in [-0.39, 0.29) is 17.6 Å². The van der Waals surface area contributed by atoms with Crippen molar-refractivity contribution in [3.63, 3.8) is 0 Å². The van der Waals surface area contributed by atoms with E-state index in [9.17, 15) is 9.59 Å². The lowest BCUT2D eigenvalue weighted by Crippen LogP contribution is -2.27. The Kier molecular flexibility index (Phi) is 4.03. The number of rotatable bonds is 3. The molecule has 1 aromatic carbocycles. The number of carbonyl (C=O) groups excluding carboxylic acids is 1. The van der Waals surface area contributed by atoms with Gasteiger partial charge in [-0.15, -0.1) is 0 Å². The summed E-state index contributed by atoms with van der Waals surface area (Å²) in [7, 11) is 0. The standard InChI is InChI=1S/C16H20O3/c1-10-6-7-14(11(2)8-10)15(17)12-4-3-5-13(9-12)16(18)19/h6-8,12-13H,3-5,9H2,1-2H3,(H,18,19)/t12-,13+/m0/s1. The summed E-state index contributed by atoms with van der Waals surface area (Å²) >= 11 is 0. The molecule has 0 aromatic heterocycles. The van der Waals surface area contributed by atoms with Crippen LogP contribution in [0, 0.1) is 25.7 Å². The maximum Gasteiger partial charge on any atom is 0.306 e. The fourth-order valence-electron chi connectivity index (χ4n) is 2.96. The van der Waals surface area contributed by atoms with Crippen molar-refractivity contribution >= 4 is 11.8 Å². The van der Waals surface area contributed by atoms with Crippen molar-refractivity contribution in [3.8, 4) is 0 Å². The highest BCUT2D eigenvalue weighted by Gasteiger charge is 2.31. The molecule has 1 saturated carbocycles. The zero-order chi connectivity index (χ0) is 14.0. The van der Waals surface area contributed by atoms with E-state index in [1.54, 1.807) is 0 Å². The van der Waals surface area contributed by atoms with Crippen LogP contribution in [0.15, 0.2) is 18.2 Å². The highest BCUT2D eigenvalue weighted by molar-refractivity contribution is 5.99. The van der Waals surface area contributed by atoms with Gasteiger partial charge in [0.05, 0.1) is 5.92 Å². The van der Waals surface area contributed by atoms with Crippen molar-refractivity contribution in [2.45, 2.75) is 39.5 Å². The predicted octanol–water partition coefficient (Wildman–Crippen LogP) is 3.38. The second-order valence-electron chi connectivity index (χ2n) is 5.58. The van der Waals surface area contributed by atoms with Gasteiger partial charge in [-0.05, 0) is 38.7 Å². The van der Waals surface area contributed by atoms with Crippen molar-refractivity contribution < 1.29 is 14.7 Å². The van der Waals surface area contributed by atoms with Crippen molar-refractivity contribution in [2.24, 2.45) is 11.8 Å². The number of carbonyl (C=O) groups is 2. The minimum absolute atomic E-state index is 0.114. The van der Waals surface area contributed by atoms with Crippen LogP contribution in [0.3, 0.4) is 0 Å². The summed E-state index contributed by atoms with van der Waals surface area (Å²) in [4.78, 5) is 23.6. The van der Waals surface area contributed by atoms with Gasteiger partial charge in [-0.3, -0.25) is 9.59 Å². The van der Waals surface area contributed by atoms with E-state index in [0.29, 0.717) is 12.8 Å². The van der Waals surface area contributed by atoms with E-state index in [0.717, 1.165) is 29.5 Å². The van der Waals surface area contributed by atoms with Gasteiger partial charge in [-0.25, -0.2) is 0 Å². The summed E-state index contributed by atoms with van der Waals surface area (Å²) in [6, 6.07) is 5.82. The third kappa shape index (κ3) is 3.03. The summed E-state index contributed by atoms with van der Waals surface area (Å²) in [6.07, 6.45) is 2.84. The highest BCUT2D eigenvalue weighted by atomic mass is 16.4. The Bertz CT molecular complexity index is 505. The maximum absolute atomic E-state index is 12.5.